The van der Waals surface area contributed by atoms with Gasteiger partial charge >= 0.3 is 0 Å². The predicted molar refractivity (Wildman–Crippen MR) is 163 cm³/mol. The van der Waals surface area contributed by atoms with E-state index in [0.29, 0.717) is 24.9 Å². The van der Waals surface area contributed by atoms with Gasteiger partial charge in [0.15, 0.2) is 5.78 Å². The van der Waals surface area contributed by atoms with Crippen LogP contribution >= 0.6 is 0 Å². The molecule has 6 heteroatoms. The molecule has 6 nitrogen and oxygen atoms in total. The number of piperidine rings is 1. The summed E-state index contributed by atoms with van der Waals surface area (Å²) < 4.78 is 3.85. The molecule has 0 N–H and O–H groups in total. The molecule has 0 atom stereocenters. The summed E-state index contributed by atoms with van der Waals surface area (Å²) in [7, 11) is 2.07. The van der Waals surface area contributed by atoms with E-state index in [2.05, 4.69) is 64.2 Å². The maximum Gasteiger partial charge on any atom is 0.187 e. The van der Waals surface area contributed by atoms with E-state index in [0.717, 1.165) is 57.9 Å². The van der Waals surface area contributed by atoms with Gasteiger partial charge in [0.05, 0.1) is 22.8 Å². The Kier molecular flexibility index (Phi) is 8.27. The molecule has 5 rings (SSSR count). The number of aromatic nitrogens is 4. The molecule has 1 fully saturated rings. The Bertz CT molecular complexity index is 1410. The summed E-state index contributed by atoms with van der Waals surface area (Å²) >= 11 is 0. The van der Waals surface area contributed by atoms with Crippen LogP contribution in [0.4, 0.5) is 0 Å². The molecule has 0 saturated carbocycles. The summed E-state index contributed by atoms with van der Waals surface area (Å²) in [5.74, 6) is 1.01. The van der Waals surface area contributed by atoms with Gasteiger partial charge in [0, 0.05) is 47.8 Å². The highest BCUT2D eigenvalue weighted by Gasteiger charge is 2.26. The second-order valence-corrected chi connectivity index (χ2v) is 11.7. The molecular weight excluding hydrogens is 494 g/mol. The molecule has 2 aromatic heterocycles. The summed E-state index contributed by atoms with van der Waals surface area (Å²) in [5, 5.41) is 9.82. The lowest BCUT2D eigenvalue weighted by atomic mass is 9.93. The van der Waals surface area contributed by atoms with Crippen molar-refractivity contribution in [3.05, 3.63) is 107 Å². The average Bonchev–Trinajstić information content (AvgIpc) is 3.50. The highest BCUT2D eigenvalue weighted by atomic mass is 16.1. The fourth-order valence-electron chi connectivity index (χ4n) is 5.19. The standard InChI is InChI=1S/C34H39N5O/c1-24(2)16-32-26(22-38(35-32)30-12-8-6-9-13-30)18-28-20-37(5)21-29(34(28)40)19-27-23-39(31-14-10-7-11-15-31)36-33(27)17-25(3)4/h6-15,18-19,22-25H,16-17,20-21H2,1-5H3/b28-18+,29-19+. The lowest BCUT2D eigenvalue weighted by Crippen LogP contribution is -2.34. The zero-order valence-electron chi connectivity index (χ0n) is 24.2. The van der Waals surface area contributed by atoms with Crippen molar-refractivity contribution in [2.24, 2.45) is 11.8 Å². The average molecular weight is 534 g/mol. The number of likely N-dealkylation sites (N-methyl/N-ethyl adjacent to an activating group) is 1. The molecule has 1 saturated heterocycles. The van der Waals surface area contributed by atoms with E-state index in [4.69, 9.17) is 10.2 Å². The third-order valence-corrected chi connectivity index (χ3v) is 7.01. The number of carbonyl (C=O) groups is 1. The Labute approximate surface area is 237 Å². The zero-order valence-corrected chi connectivity index (χ0v) is 24.2. The lowest BCUT2D eigenvalue weighted by molar-refractivity contribution is -0.113. The van der Waals surface area contributed by atoms with E-state index < -0.39 is 0 Å². The van der Waals surface area contributed by atoms with Crippen LogP contribution in [0.15, 0.2) is 84.2 Å². The van der Waals surface area contributed by atoms with Crippen LogP contribution in [0, 0.1) is 11.8 Å². The number of ketones is 1. The lowest BCUT2D eigenvalue weighted by Gasteiger charge is -2.26. The Morgan fingerprint density at radius 3 is 1.48 bits per heavy atom. The van der Waals surface area contributed by atoms with Crippen LogP contribution in [0.3, 0.4) is 0 Å². The Morgan fingerprint density at radius 1 is 0.700 bits per heavy atom. The molecule has 1 aliphatic heterocycles. The molecule has 2 aromatic carbocycles. The fraction of sp³-hybridized carbons (Fsp3) is 0.324. The Morgan fingerprint density at radius 2 is 1.10 bits per heavy atom. The van der Waals surface area contributed by atoms with Crippen molar-refractivity contribution in [2.75, 3.05) is 20.1 Å². The van der Waals surface area contributed by atoms with Gasteiger partial charge in [0.1, 0.15) is 0 Å². The minimum absolute atomic E-state index is 0.101. The number of hydrogen-bond acceptors (Lipinski definition) is 4. The van der Waals surface area contributed by atoms with Gasteiger partial charge in [-0.15, -0.1) is 0 Å². The third-order valence-electron chi connectivity index (χ3n) is 7.01. The van der Waals surface area contributed by atoms with Crippen LogP contribution in [0.25, 0.3) is 23.5 Å². The minimum Gasteiger partial charge on any atom is -0.298 e. The zero-order chi connectivity index (χ0) is 28.2. The first-order chi connectivity index (χ1) is 19.3. The molecule has 206 valence electrons. The van der Waals surface area contributed by atoms with Crippen molar-refractivity contribution >= 4 is 17.9 Å². The van der Waals surface area contributed by atoms with Gasteiger partial charge in [-0.25, -0.2) is 9.36 Å². The van der Waals surface area contributed by atoms with E-state index >= 15 is 0 Å². The number of benzene rings is 2. The summed E-state index contributed by atoms with van der Waals surface area (Å²) in [4.78, 5) is 16.1. The molecule has 0 radical (unpaired) electrons. The molecular formula is C34H39N5O. The molecule has 4 aromatic rings. The largest absolute Gasteiger partial charge is 0.298 e. The van der Waals surface area contributed by atoms with E-state index in [1.165, 1.54) is 0 Å². The van der Waals surface area contributed by atoms with Crippen LogP contribution in [0.1, 0.15) is 50.2 Å². The van der Waals surface area contributed by atoms with Crippen molar-refractivity contribution in [3.63, 3.8) is 0 Å². The molecule has 0 bridgehead atoms. The first-order valence-corrected chi connectivity index (χ1v) is 14.2. The topological polar surface area (TPSA) is 56.0 Å². The van der Waals surface area contributed by atoms with Gasteiger partial charge < -0.3 is 0 Å². The SMILES string of the molecule is CC(C)Cc1nn(-c2ccccc2)cc1/C=C1\CN(C)C/C(=C\c2cn(-c3ccccc3)nc2CC(C)C)C1=O. The number of nitrogens with zero attached hydrogens (tertiary/aromatic N) is 5. The quantitative estimate of drug-likeness (QED) is 0.245. The maximum absolute atomic E-state index is 13.9. The van der Waals surface area contributed by atoms with Crippen molar-refractivity contribution in [1.82, 2.24) is 24.5 Å². The summed E-state index contributed by atoms with van der Waals surface area (Å²) in [5.41, 5.74) is 7.65. The highest BCUT2D eigenvalue weighted by molar-refractivity contribution is 6.14. The van der Waals surface area contributed by atoms with Crippen LogP contribution in [-0.2, 0) is 17.6 Å². The van der Waals surface area contributed by atoms with E-state index in [1.54, 1.807) is 0 Å². The van der Waals surface area contributed by atoms with E-state index in [-0.39, 0.29) is 5.78 Å². The highest BCUT2D eigenvalue weighted by Crippen LogP contribution is 2.26. The number of carbonyl (C=O) groups excluding carboxylic acids is 1. The smallest absolute Gasteiger partial charge is 0.187 e. The van der Waals surface area contributed by atoms with Gasteiger partial charge in [0.25, 0.3) is 0 Å². The van der Waals surface area contributed by atoms with Crippen LogP contribution in [0.2, 0.25) is 0 Å². The van der Waals surface area contributed by atoms with Crippen LogP contribution in [0.5, 0.6) is 0 Å². The van der Waals surface area contributed by atoms with Gasteiger partial charge in [-0.05, 0) is 68.1 Å². The maximum atomic E-state index is 13.9. The minimum atomic E-state index is 0.101. The molecule has 1 aliphatic rings. The van der Waals surface area contributed by atoms with E-state index in [9.17, 15) is 4.79 Å². The van der Waals surface area contributed by atoms with Crippen molar-refractivity contribution < 1.29 is 4.79 Å². The fourth-order valence-corrected chi connectivity index (χ4v) is 5.19. The van der Waals surface area contributed by atoms with Crippen molar-refractivity contribution in [1.29, 1.82) is 0 Å². The van der Waals surface area contributed by atoms with Gasteiger partial charge in [-0.2, -0.15) is 10.2 Å². The number of Topliss-reactive ketones (excluding diaryl/α,β-unsaturated/α-hetero) is 1. The number of rotatable bonds is 8. The number of likely N-dealkylation sites (tertiary alicyclic amines) is 1. The Hall–Kier alpha value is -4.03. The van der Waals surface area contributed by atoms with Gasteiger partial charge in [-0.3, -0.25) is 9.69 Å². The molecule has 0 spiro atoms. The first kappa shape index (κ1) is 27.5. The Balaban J connectivity index is 1.52. The summed E-state index contributed by atoms with van der Waals surface area (Å²) in [6, 6.07) is 20.3. The van der Waals surface area contributed by atoms with Crippen LogP contribution in [-0.4, -0.2) is 50.4 Å². The molecule has 0 amide bonds. The second kappa shape index (κ2) is 12.0. The number of para-hydroxylation sites is 2. The first-order valence-electron chi connectivity index (χ1n) is 14.2. The van der Waals surface area contributed by atoms with Crippen molar-refractivity contribution in [2.45, 2.75) is 40.5 Å². The third kappa shape index (κ3) is 6.40. The van der Waals surface area contributed by atoms with Gasteiger partial charge in [0.2, 0.25) is 0 Å². The summed E-state index contributed by atoms with van der Waals surface area (Å²) in [6.45, 7) is 10.0. The molecule has 40 heavy (non-hydrogen) atoms. The van der Waals surface area contributed by atoms with Gasteiger partial charge in [-0.1, -0.05) is 64.1 Å². The van der Waals surface area contributed by atoms with E-state index in [1.807, 2.05) is 70.0 Å². The predicted octanol–water partition coefficient (Wildman–Crippen LogP) is 6.44. The molecule has 0 aliphatic carbocycles. The summed E-state index contributed by atoms with van der Waals surface area (Å²) in [6.07, 6.45) is 9.91. The van der Waals surface area contributed by atoms with Crippen LogP contribution < -0.4 is 0 Å². The van der Waals surface area contributed by atoms with Crippen molar-refractivity contribution in [3.8, 4) is 11.4 Å². The number of hydrogen-bond donors (Lipinski definition) is 0. The molecule has 3 heterocycles. The normalized spacial score (nSPS) is 16.6. The monoisotopic (exact) mass is 533 g/mol. The second-order valence-electron chi connectivity index (χ2n) is 11.7. The molecule has 0 unspecified atom stereocenters.